The highest BCUT2D eigenvalue weighted by Gasteiger charge is 2.41. The molecule has 128 valence electrons. The smallest absolute Gasteiger partial charge is 0.217 e. The molecule has 25 heavy (non-hydrogen) atoms. The van der Waals surface area contributed by atoms with Gasteiger partial charge in [0.2, 0.25) is 5.91 Å². The van der Waals surface area contributed by atoms with Crippen molar-refractivity contribution in [1.29, 1.82) is 0 Å². The maximum absolute atomic E-state index is 11.2. The standard InChI is InChI=1S/C20H22N4O/c1-14(25)21-19-12-20(19)24-9-5-8-16(13-24)18-11-17(22-23-18)10-15-6-3-2-4-7-15/h2-7,9,11,13,19-20H,8,10,12H2,1H3,(H,21,25)(H,22,23). The molecule has 5 nitrogen and oxygen atoms in total. The van der Waals surface area contributed by atoms with Crippen LogP contribution < -0.4 is 5.32 Å². The van der Waals surface area contributed by atoms with E-state index in [2.05, 4.69) is 69.2 Å². The van der Waals surface area contributed by atoms with Crippen molar-refractivity contribution in [3.05, 3.63) is 71.8 Å². The first-order valence-corrected chi connectivity index (χ1v) is 8.69. The van der Waals surface area contributed by atoms with Gasteiger partial charge in [0, 0.05) is 31.4 Å². The summed E-state index contributed by atoms with van der Waals surface area (Å²) < 4.78 is 0. The maximum Gasteiger partial charge on any atom is 0.217 e. The summed E-state index contributed by atoms with van der Waals surface area (Å²) in [6.45, 7) is 1.57. The summed E-state index contributed by atoms with van der Waals surface area (Å²) in [4.78, 5) is 13.4. The minimum atomic E-state index is 0.0375. The number of hydrogen-bond acceptors (Lipinski definition) is 3. The first-order chi connectivity index (χ1) is 12.2. The van der Waals surface area contributed by atoms with E-state index in [1.54, 1.807) is 6.92 Å². The fourth-order valence-electron chi connectivity index (χ4n) is 3.31. The van der Waals surface area contributed by atoms with Crippen LogP contribution in [0.25, 0.3) is 5.57 Å². The Kier molecular flexibility index (Phi) is 4.14. The summed E-state index contributed by atoms with van der Waals surface area (Å²) >= 11 is 0. The molecule has 1 amide bonds. The highest BCUT2D eigenvalue weighted by Crippen LogP contribution is 2.33. The molecule has 0 spiro atoms. The second kappa shape index (κ2) is 6.59. The summed E-state index contributed by atoms with van der Waals surface area (Å²) in [5.74, 6) is 0.0375. The molecule has 2 aromatic rings. The van der Waals surface area contributed by atoms with Crippen molar-refractivity contribution in [2.24, 2.45) is 0 Å². The van der Waals surface area contributed by atoms with Crippen LogP contribution in [0.1, 0.15) is 36.7 Å². The maximum atomic E-state index is 11.2. The summed E-state index contributed by atoms with van der Waals surface area (Å²) in [5, 5.41) is 10.6. The van der Waals surface area contributed by atoms with Gasteiger partial charge in [-0.05, 0) is 30.0 Å². The predicted molar refractivity (Wildman–Crippen MR) is 97.4 cm³/mol. The number of aromatic nitrogens is 2. The average molecular weight is 334 g/mol. The van der Waals surface area contributed by atoms with Crippen molar-refractivity contribution >= 4 is 11.5 Å². The lowest BCUT2D eigenvalue weighted by Gasteiger charge is -2.21. The molecule has 1 aromatic carbocycles. The van der Waals surface area contributed by atoms with Gasteiger partial charge in [0.1, 0.15) is 0 Å². The quantitative estimate of drug-likeness (QED) is 0.884. The molecule has 2 unspecified atom stereocenters. The van der Waals surface area contributed by atoms with E-state index >= 15 is 0 Å². The number of rotatable bonds is 5. The van der Waals surface area contributed by atoms with Crippen molar-refractivity contribution < 1.29 is 4.79 Å². The van der Waals surface area contributed by atoms with E-state index in [-0.39, 0.29) is 11.9 Å². The minimum absolute atomic E-state index is 0.0375. The van der Waals surface area contributed by atoms with Crippen LogP contribution in [0, 0.1) is 0 Å². The van der Waals surface area contributed by atoms with Crippen molar-refractivity contribution in [2.75, 3.05) is 0 Å². The van der Waals surface area contributed by atoms with Crippen LogP contribution in [-0.2, 0) is 11.2 Å². The second-order valence-electron chi connectivity index (χ2n) is 6.74. The number of amides is 1. The molecular weight excluding hydrogens is 312 g/mol. The Hall–Kier alpha value is -2.82. The Balaban J connectivity index is 1.44. The van der Waals surface area contributed by atoms with E-state index in [1.165, 1.54) is 11.1 Å². The third-order valence-electron chi connectivity index (χ3n) is 4.65. The van der Waals surface area contributed by atoms with Crippen LogP contribution in [0.4, 0.5) is 0 Å². The lowest BCUT2D eigenvalue weighted by molar-refractivity contribution is -0.119. The van der Waals surface area contributed by atoms with Crippen molar-refractivity contribution in [2.45, 2.75) is 38.3 Å². The van der Waals surface area contributed by atoms with Crippen molar-refractivity contribution in [3.8, 4) is 0 Å². The zero-order valence-corrected chi connectivity index (χ0v) is 14.3. The topological polar surface area (TPSA) is 61.0 Å². The minimum Gasteiger partial charge on any atom is -0.351 e. The Bertz CT molecular complexity index is 821. The van der Waals surface area contributed by atoms with Crippen molar-refractivity contribution in [3.63, 3.8) is 0 Å². The normalized spacial score (nSPS) is 21.8. The molecule has 0 radical (unpaired) electrons. The van der Waals surface area contributed by atoms with Gasteiger partial charge in [0.25, 0.3) is 0 Å². The molecule has 2 aliphatic rings. The van der Waals surface area contributed by atoms with Crippen LogP contribution in [0.5, 0.6) is 0 Å². The fourth-order valence-corrected chi connectivity index (χ4v) is 3.31. The number of hydrogen-bond donors (Lipinski definition) is 2. The number of nitrogens with one attached hydrogen (secondary N) is 2. The Morgan fingerprint density at radius 3 is 3.00 bits per heavy atom. The van der Waals surface area contributed by atoms with E-state index in [0.29, 0.717) is 6.04 Å². The lowest BCUT2D eigenvalue weighted by atomic mass is 10.1. The first-order valence-electron chi connectivity index (χ1n) is 8.69. The second-order valence-corrected chi connectivity index (χ2v) is 6.74. The van der Waals surface area contributed by atoms with Gasteiger partial charge < -0.3 is 10.2 Å². The van der Waals surface area contributed by atoms with Crippen LogP contribution in [0.15, 0.2) is 54.9 Å². The number of allylic oxidation sites excluding steroid dienone is 2. The highest BCUT2D eigenvalue weighted by molar-refractivity contribution is 5.74. The van der Waals surface area contributed by atoms with Gasteiger partial charge in [-0.2, -0.15) is 5.10 Å². The third kappa shape index (κ3) is 3.65. The molecule has 0 saturated heterocycles. The molecule has 1 aromatic heterocycles. The third-order valence-corrected chi connectivity index (χ3v) is 4.65. The Labute approximate surface area is 147 Å². The van der Waals surface area contributed by atoms with E-state index in [1.807, 2.05) is 6.07 Å². The zero-order chi connectivity index (χ0) is 17.2. The van der Waals surface area contributed by atoms with Gasteiger partial charge in [0.05, 0.1) is 17.8 Å². The van der Waals surface area contributed by atoms with Gasteiger partial charge in [-0.25, -0.2) is 0 Å². The van der Waals surface area contributed by atoms with E-state index in [9.17, 15) is 4.79 Å². The highest BCUT2D eigenvalue weighted by atomic mass is 16.1. The summed E-state index contributed by atoms with van der Waals surface area (Å²) in [5.41, 5.74) is 4.59. The molecule has 4 rings (SSSR count). The van der Waals surface area contributed by atoms with Crippen LogP contribution in [0.2, 0.25) is 0 Å². The molecular formula is C20H22N4O. The molecule has 1 fully saturated rings. The molecule has 2 atom stereocenters. The Morgan fingerprint density at radius 1 is 1.36 bits per heavy atom. The molecule has 2 heterocycles. The fraction of sp³-hybridized carbons (Fsp3) is 0.300. The monoisotopic (exact) mass is 334 g/mol. The van der Waals surface area contributed by atoms with E-state index < -0.39 is 0 Å². The largest absolute Gasteiger partial charge is 0.351 e. The molecule has 5 heteroatoms. The van der Waals surface area contributed by atoms with Crippen LogP contribution >= 0.6 is 0 Å². The van der Waals surface area contributed by atoms with Gasteiger partial charge in [-0.3, -0.25) is 9.89 Å². The molecule has 1 aliphatic carbocycles. The van der Waals surface area contributed by atoms with Crippen LogP contribution in [0.3, 0.4) is 0 Å². The lowest BCUT2D eigenvalue weighted by Crippen LogP contribution is -2.29. The van der Waals surface area contributed by atoms with Crippen molar-refractivity contribution in [1.82, 2.24) is 20.4 Å². The van der Waals surface area contributed by atoms with Gasteiger partial charge in [-0.1, -0.05) is 36.4 Å². The Morgan fingerprint density at radius 2 is 2.20 bits per heavy atom. The number of carbonyl (C=O) groups excluding carboxylic acids is 1. The first kappa shape index (κ1) is 15.7. The number of nitrogens with zero attached hydrogens (tertiary/aromatic N) is 2. The summed E-state index contributed by atoms with van der Waals surface area (Å²) in [7, 11) is 0. The predicted octanol–water partition coefficient (Wildman–Crippen LogP) is 2.84. The van der Waals surface area contributed by atoms with E-state index in [0.717, 1.165) is 30.7 Å². The average Bonchev–Trinajstić information content (AvgIpc) is 3.21. The summed E-state index contributed by atoms with van der Waals surface area (Å²) in [6, 6.07) is 13.1. The zero-order valence-electron chi connectivity index (χ0n) is 14.3. The number of aromatic amines is 1. The number of benzene rings is 1. The molecule has 1 aliphatic heterocycles. The number of carbonyl (C=O) groups is 1. The van der Waals surface area contributed by atoms with Gasteiger partial charge in [0.15, 0.2) is 0 Å². The van der Waals surface area contributed by atoms with Crippen LogP contribution in [-0.4, -0.2) is 33.1 Å². The summed E-state index contributed by atoms with van der Waals surface area (Å²) in [6.07, 6.45) is 9.15. The number of H-pyrrole nitrogens is 1. The molecule has 1 saturated carbocycles. The SMILES string of the molecule is CC(=O)NC1CC1N1C=CCC(c2cc(Cc3ccccc3)[nH]n2)=C1. The van der Waals surface area contributed by atoms with Gasteiger partial charge in [-0.15, -0.1) is 0 Å². The van der Waals surface area contributed by atoms with E-state index in [4.69, 9.17) is 0 Å². The molecule has 0 bridgehead atoms. The van der Waals surface area contributed by atoms with Gasteiger partial charge >= 0.3 is 0 Å². The molecule has 2 N–H and O–H groups in total.